The minimum absolute atomic E-state index is 0.374. The molecule has 3 rings (SSSR count). The Labute approximate surface area is 184 Å². The molecule has 30 heavy (non-hydrogen) atoms. The minimum atomic E-state index is -0.615. The van der Waals surface area contributed by atoms with Gasteiger partial charge in [-0.3, -0.25) is 0 Å². The summed E-state index contributed by atoms with van der Waals surface area (Å²) in [6.45, 7) is 12.8. The van der Waals surface area contributed by atoms with Gasteiger partial charge >= 0.3 is 0 Å². The maximum Gasteiger partial charge on any atom is 0.0811 e. The van der Waals surface area contributed by atoms with Crippen LogP contribution < -0.4 is 0 Å². The molecule has 3 aliphatic rings. The highest BCUT2D eigenvalue weighted by Crippen LogP contribution is 2.60. The van der Waals surface area contributed by atoms with Crippen LogP contribution in [0.5, 0.6) is 0 Å². The van der Waals surface area contributed by atoms with E-state index in [1.54, 1.807) is 5.57 Å². The van der Waals surface area contributed by atoms with Gasteiger partial charge in [-0.15, -0.1) is 0 Å². The van der Waals surface area contributed by atoms with Gasteiger partial charge in [-0.05, 0) is 93.1 Å². The number of aliphatic hydroxyl groups excluding tert-OH is 2. The Morgan fingerprint density at radius 2 is 1.97 bits per heavy atom. The van der Waals surface area contributed by atoms with Gasteiger partial charge in [0.2, 0.25) is 0 Å². The van der Waals surface area contributed by atoms with Crippen molar-refractivity contribution in [3.63, 3.8) is 0 Å². The van der Waals surface area contributed by atoms with Crippen molar-refractivity contribution in [2.75, 3.05) is 0 Å². The van der Waals surface area contributed by atoms with Crippen molar-refractivity contribution in [3.05, 3.63) is 35.5 Å². The van der Waals surface area contributed by atoms with Crippen molar-refractivity contribution in [2.45, 2.75) is 110 Å². The standard InChI is InChI=1S/C27H44O3/c1-18(8-6-14-26(3,4)30)23-12-13-24-20(9-7-15-27(23,24)5)10-11-21-16-22(28)17-25(29)19(21)2/h10-11,18,22-25,28-30H,2,6-9,12-17H2,1,3-5H3/b20-10+,21-11-/t18-,22?,23-,24+,25+,27-/m1/s1. The van der Waals surface area contributed by atoms with Gasteiger partial charge in [-0.2, -0.15) is 0 Å². The van der Waals surface area contributed by atoms with Gasteiger partial charge in [0, 0.05) is 6.42 Å². The van der Waals surface area contributed by atoms with Gasteiger partial charge in [0.25, 0.3) is 0 Å². The van der Waals surface area contributed by atoms with Crippen LogP contribution in [0, 0.1) is 23.2 Å². The van der Waals surface area contributed by atoms with E-state index in [0.717, 1.165) is 29.9 Å². The summed E-state index contributed by atoms with van der Waals surface area (Å²) >= 11 is 0. The lowest BCUT2D eigenvalue weighted by Gasteiger charge is -2.44. The first-order valence-corrected chi connectivity index (χ1v) is 12.2. The van der Waals surface area contributed by atoms with Gasteiger partial charge in [-0.1, -0.05) is 51.0 Å². The molecule has 0 aromatic heterocycles. The smallest absolute Gasteiger partial charge is 0.0811 e. The first kappa shape index (κ1) is 23.8. The molecule has 3 saturated carbocycles. The van der Waals surface area contributed by atoms with Crippen molar-refractivity contribution < 1.29 is 15.3 Å². The molecule has 3 heteroatoms. The normalized spacial score (nSPS) is 38.8. The first-order valence-electron chi connectivity index (χ1n) is 12.2. The van der Waals surface area contributed by atoms with E-state index >= 15 is 0 Å². The molecular weight excluding hydrogens is 372 g/mol. The van der Waals surface area contributed by atoms with Gasteiger partial charge in [-0.25, -0.2) is 0 Å². The Bertz CT molecular complexity index is 683. The molecule has 6 atom stereocenters. The number of rotatable bonds is 6. The second kappa shape index (κ2) is 9.30. The molecule has 0 aromatic rings. The van der Waals surface area contributed by atoms with Crippen LogP contribution in [0.25, 0.3) is 0 Å². The van der Waals surface area contributed by atoms with Crippen molar-refractivity contribution in [3.8, 4) is 0 Å². The Morgan fingerprint density at radius 3 is 2.67 bits per heavy atom. The Kier molecular flexibility index (Phi) is 7.37. The van der Waals surface area contributed by atoms with Crippen LogP contribution in [0.15, 0.2) is 35.5 Å². The van der Waals surface area contributed by atoms with Gasteiger partial charge in [0.15, 0.2) is 0 Å². The molecule has 0 radical (unpaired) electrons. The van der Waals surface area contributed by atoms with Crippen molar-refractivity contribution in [2.24, 2.45) is 23.2 Å². The zero-order chi connectivity index (χ0) is 22.1. The van der Waals surface area contributed by atoms with Gasteiger partial charge < -0.3 is 15.3 Å². The van der Waals surface area contributed by atoms with Crippen molar-refractivity contribution >= 4 is 0 Å². The maximum atomic E-state index is 10.1. The molecule has 3 aliphatic carbocycles. The second-order valence-corrected chi connectivity index (χ2v) is 11.3. The summed E-state index contributed by atoms with van der Waals surface area (Å²) in [5.41, 5.74) is 3.17. The lowest BCUT2D eigenvalue weighted by atomic mass is 9.60. The monoisotopic (exact) mass is 416 g/mol. The molecule has 170 valence electrons. The van der Waals surface area contributed by atoms with E-state index in [1.165, 1.54) is 38.5 Å². The molecule has 3 nitrogen and oxygen atoms in total. The predicted molar refractivity (Wildman–Crippen MR) is 124 cm³/mol. The van der Waals surface area contributed by atoms with Crippen LogP contribution in [-0.4, -0.2) is 33.1 Å². The average Bonchev–Trinajstić information content (AvgIpc) is 3.00. The lowest BCUT2D eigenvalue weighted by molar-refractivity contribution is 0.0596. The molecule has 3 fully saturated rings. The molecule has 0 amide bonds. The van der Waals surface area contributed by atoms with E-state index in [0.29, 0.717) is 30.1 Å². The average molecular weight is 417 g/mol. The molecule has 0 aliphatic heterocycles. The zero-order valence-electron chi connectivity index (χ0n) is 19.7. The summed E-state index contributed by atoms with van der Waals surface area (Å²) in [5.74, 6) is 2.11. The number of hydrogen-bond acceptors (Lipinski definition) is 3. The highest BCUT2D eigenvalue weighted by atomic mass is 16.3. The summed E-state index contributed by atoms with van der Waals surface area (Å²) in [7, 11) is 0. The summed E-state index contributed by atoms with van der Waals surface area (Å²) in [4.78, 5) is 0. The fourth-order valence-corrected chi connectivity index (χ4v) is 6.74. The highest BCUT2D eigenvalue weighted by Gasteiger charge is 2.50. The van der Waals surface area contributed by atoms with E-state index < -0.39 is 17.8 Å². The predicted octanol–water partition coefficient (Wildman–Crippen LogP) is 5.70. The third kappa shape index (κ3) is 5.29. The molecule has 0 heterocycles. The molecule has 0 aromatic carbocycles. The first-order chi connectivity index (χ1) is 14.0. The van der Waals surface area contributed by atoms with Crippen molar-refractivity contribution in [1.82, 2.24) is 0 Å². The van der Waals surface area contributed by atoms with E-state index in [-0.39, 0.29) is 0 Å². The van der Waals surface area contributed by atoms with E-state index in [2.05, 4.69) is 32.6 Å². The third-order valence-corrected chi connectivity index (χ3v) is 8.44. The number of allylic oxidation sites excluding steroid dienone is 3. The fourth-order valence-electron chi connectivity index (χ4n) is 6.74. The number of aliphatic hydroxyl groups is 3. The Balaban J connectivity index is 1.70. The molecular formula is C27H44O3. The van der Waals surface area contributed by atoms with Crippen molar-refractivity contribution in [1.29, 1.82) is 0 Å². The van der Waals surface area contributed by atoms with Gasteiger partial charge in [0.1, 0.15) is 0 Å². The summed E-state index contributed by atoms with van der Waals surface area (Å²) < 4.78 is 0. The Hall–Kier alpha value is -0.900. The van der Waals surface area contributed by atoms with Crippen LogP contribution in [0.2, 0.25) is 0 Å². The van der Waals surface area contributed by atoms with E-state index in [9.17, 15) is 15.3 Å². The summed E-state index contributed by atoms with van der Waals surface area (Å²) in [6.07, 6.45) is 13.9. The van der Waals surface area contributed by atoms with Gasteiger partial charge in [0.05, 0.1) is 17.8 Å². The minimum Gasteiger partial charge on any atom is -0.393 e. The van der Waals surface area contributed by atoms with Crippen LogP contribution >= 0.6 is 0 Å². The molecule has 1 unspecified atom stereocenters. The lowest BCUT2D eigenvalue weighted by Crippen LogP contribution is -2.36. The molecule has 0 bridgehead atoms. The second-order valence-electron chi connectivity index (χ2n) is 11.3. The van der Waals surface area contributed by atoms with E-state index in [1.807, 2.05) is 13.8 Å². The Morgan fingerprint density at radius 1 is 1.23 bits per heavy atom. The molecule has 0 saturated heterocycles. The number of hydrogen-bond donors (Lipinski definition) is 3. The quantitative estimate of drug-likeness (QED) is 0.520. The number of fused-ring (bicyclic) bond motifs is 1. The fraction of sp³-hybridized carbons (Fsp3) is 0.778. The summed E-state index contributed by atoms with van der Waals surface area (Å²) in [5, 5.41) is 30.2. The molecule has 3 N–H and O–H groups in total. The largest absolute Gasteiger partial charge is 0.393 e. The highest BCUT2D eigenvalue weighted by molar-refractivity contribution is 5.38. The molecule has 0 spiro atoms. The van der Waals surface area contributed by atoms with Crippen LogP contribution in [0.4, 0.5) is 0 Å². The van der Waals surface area contributed by atoms with Crippen LogP contribution in [0.3, 0.4) is 0 Å². The third-order valence-electron chi connectivity index (χ3n) is 8.44. The zero-order valence-corrected chi connectivity index (χ0v) is 19.7. The SMILES string of the molecule is C=C1/C(=C\C=C2/CCC[C@]3(C)[C@@H]([C@H](C)CCCC(C)(C)O)CC[C@@H]23)CC(O)C[C@@H]1O. The maximum absolute atomic E-state index is 10.1. The van der Waals surface area contributed by atoms with Crippen LogP contribution in [0.1, 0.15) is 91.9 Å². The van der Waals surface area contributed by atoms with Crippen LogP contribution in [-0.2, 0) is 0 Å². The summed E-state index contributed by atoms with van der Waals surface area (Å²) in [6, 6.07) is 0. The van der Waals surface area contributed by atoms with E-state index in [4.69, 9.17) is 0 Å². The topological polar surface area (TPSA) is 60.7 Å².